The van der Waals surface area contributed by atoms with Crippen LogP contribution in [0.25, 0.3) is 0 Å². The van der Waals surface area contributed by atoms with Crippen molar-refractivity contribution in [3.8, 4) is 5.75 Å². The summed E-state index contributed by atoms with van der Waals surface area (Å²) in [5.74, 6) is 0.228. The van der Waals surface area contributed by atoms with Crippen molar-refractivity contribution in [1.29, 1.82) is 0 Å². The van der Waals surface area contributed by atoms with E-state index in [-0.39, 0.29) is 17.4 Å². The zero-order chi connectivity index (χ0) is 19.7. The van der Waals surface area contributed by atoms with Crippen molar-refractivity contribution in [3.63, 3.8) is 0 Å². The molecule has 8 heteroatoms. The molecule has 0 unspecified atom stereocenters. The van der Waals surface area contributed by atoms with Crippen molar-refractivity contribution in [2.24, 2.45) is 0 Å². The SMILES string of the molecule is Cc1cc2c(cc1S(=O)(=O)N1CC[NH+](Cc3ccccc3)CC1)NC(=O)CO2. The average Bonchev–Trinajstić information content (AvgIpc) is 2.69. The number of piperazine rings is 1. The van der Waals surface area contributed by atoms with E-state index in [2.05, 4.69) is 17.4 Å². The number of aryl methyl sites for hydroxylation is 1. The highest BCUT2D eigenvalue weighted by Crippen LogP contribution is 2.33. The molecule has 1 amide bonds. The summed E-state index contributed by atoms with van der Waals surface area (Å²) in [7, 11) is -3.63. The molecular formula is C20H24N3O4S+. The Labute approximate surface area is 165 Å². The van der Waals surface area contributed by atoms with Gasteiger partial charge in [0.15, 0.2) is 6.61 Å². The molecule has 7 nitrogen and oxygen atoms in total. The van der Waals surface area contributed by atoms with E-state index < -0.39 is 10.0 Å². The second kappa shape index (κ2) is 7.54. The van der Waals surface area contributed by atoms with Crippen LogP contribution < -0.4 is 15.0 Å². The molecule has 1 saturated heterocycles. The molecule has 0 bridgehead atoms. The van der Waals surface area contributed by atoms with Crippen molar-refractivity contribution in [1.82, 2.24) is 4.31 Å². The van der Waals surface area contributed by atoms with Gasteiger partial charge in [-0.1, -0.05) is 30.3 Å². The number of ether oxygens (including phenoxy) is 1. The minimum Gasteiger partial charge on any atom is -0.482 e. The zero-order valence-corrected chi connectivity index (χ0v) is 16.6. The molecule has 0 aromatic heterocycles. The van der Waals surface area contributed by atoms with Gasteiger partial charge in [0.2, 0.25) is 10.0 Å². The number of nitrogens with zero attached hydrogens (tertiary/aromatic N) is 1. The molecule has 0 atom stereocenters. The highest BCUT2D eigenvalue weighted by Gasteiger charge is 2.32. The maximum absolute atomic E-state index is 13.2. The number of fused-ring (bicyclic) bond motifs is 1. The van der Waals surface area contributed by atoms with Crippen LogP contribution in [0.2, 0.25) is 0 Å². The molecule has 0 saturated carbocycles. The van der Waals surface area contributed by atoms with Crippen LogP contribution in [0, 0.1) is 6.92 Å². The molecule has 2 aromatic carbocycles. The molecule has 2 aliphatic heterocycles. The highest BCUT2D eigenvalue weighted by atomic mass is 32.2. The van der Waals surface area contributed by atoms with Crippen LogP contribution in [-0.4, -0.2) is 51.4 Å². The van der Waals surface area contributed by atoms with Crippen molar-refractivity contribution in [3.05, 3.63) is 53.6 Å². The predicted molar refractivity (Wildman–Crippen MR) is 105 cm³/mol. The summed E-state index contributed by atoms with van der Waals surface area (Å²) in [4.78, 5) is 13.2. The van der Waals surface area contributed by atoms with E-state index in [4.69, 9.17) is 4.74 Å². The summed E-state index contributed by atoms with van der Waals surface area (Å²) in [6, 6.07) is 13.4. The lowest BCUT2D eigenvalue weighted by molar-refractivity contribution is -0.917. The van der Waals surface area contributed by atoms with Gasteiger partial charge in [0.25, 0.3) is 5.91 Å². The molecule has 0 radical (unpaired) electrons. The van der Waals surface area contributed by atoms with E-state index >= 15 is 0 Å². The number of amides is 1. The Hall–Kier alpha value is -2.42. The van der Waals surface area contributed by atoms with Gasteiger partial charge < -0.3 is 15.0 Å². The minimum atomic E-state index is -3.63. The van der Waals surface area contributed by atoms with Crippen LogP contribution in [0.5, 0.6) is 5.75 Å². The van der Waals surface area contributed by atoms with Gasteiger partial charge in [-0.2, -0.15) is 4.31 Å². The monoisotopic (exact) mass is 402 g/mol. The number of rotatable bonds is 4. The van der Waals surface area contributed by atoms with Crippen LogP contribution in [0.15, 0.2) is 47.4 Å². The first-order valence-corrected chi connectivity index (χ1v) is 10.8. The second-order valence-corrected chi connectivity index (χ2v) is 9.17. The average molecular weight is 402 g/mol. The maximum atomic E-state index is 13.2. The van der Waals surface area contributed by atoms with Gasteiger partial charge in [0, 0.05) is 5.56 Å². The topological polar surface area (TPSA) is 80.2 Å². The third-order valence-electron chi connectivity index (χ3n) is 5.25. The first kappa shape index (κ1) is 18.9. The third kappa shape index (κ3) is 3.76. The molecule has 28 heavy (non-hydrogen) atoms. The van der Waals surface area contributed by atoms with Crippen LogP contribution in [0.4, 0.5) is 5.69 Å². The summed E-state index contributed by atoms with van der Waals surface area (Å²) in [5, 5.41) is 2.69. The molecule has 2 aromatic rings. The van der Waals surface area contributed by atoms with Crippen molar-refractivity contribution >= 4 is 21.6 Å². The number of benzene rings is 2. The third-order valence-corrected chi connectivity index (χ3v) is 7.29. The normalized spacial score (nSPS) is 18.2. The van der Waals surface area contributed by atoms with Crippen LogP contribution in [0.1, 0.15) is 11.1 Å². The Kier molecular flexibility index (Phi) is 5.09. The molecule has 0 spiro atoms. The van der Waals surface area contributed by atoms with E-state index in [0.717, 1.165) is 19.6 Å². The lowest BCUT2D eigenvalue weighted by atomic mass is 10.2. The Morgan fingerprint density at radius 2 is 1.86 bits per heavy atom. The fourth-order valence-electron chi connectivity index (χ4n) is 3.73. The Morgan fingerprint density at radius 1 is 1.14 bits per heavy atom. The van der Waals surface area contributed by atoms with E-state index in [9.17, 15) is 13.2 Å². The predicted octanol–water partition coefficient (Wildman–Crippen LogP) is 0.415. The smallest absolute Gasteiger partial charge is 0.262 e. The fourth-order valence-corrected chi connectivity index (χ4v) is 5.40. The van der Waals surface area contributed by atoms with Gasteiger partial charge in [0.1, 0.15) is 12.3 Å². The van der Waals surface area contributed by atoms with Crippen molar-refractivity contribution in [2.75, 3.05) is 38.1 Å². The molecular weight excluding hydrogens is 378 g/mol. The summed E-state index contributed by atoms with van der Waals surface area (Å²) >= 11 is 0. The summed E-state index contributed by atoms with van der Waals surface area (Å²) in [6.45, 7) is 5.08. The van der Waals surface area contributed by atoms with Crippen LogP contribution in [0.3, 0.4) is 0 Å². The standard InChI is InChI=1S/C20H23N3O4S/c1-15-11-18-17(21-20(24)14-27-18)12-19(15)28(25,26)23-9-7-22(8-10-23)13-16-5-3-2-4-6-16/h2-6,11-12H,7-10,13-14H2,1H3,(H,21,24)/p+1. The summed E-state index contributed by atoms with van der Waals surface area (Å²) < 4.78 is 33.3. The largest absolute Gasteiger partial charge is 0.482 e. The Bertz CT molecular complexity index is 984. The lowest BCUT2D eigenvalue weighted by Gasteiger charge is -2.32. The molecule has 148 valence electrons. The molecule has 0 aliphatic carbocycles. The number of sulfonamides is 1. The molecule has 2 N–H and O–H groups in total. The molecule has 2 heterocycles. The van der Waals surface area contributed by atoms with E-state index in [0.29, 0.717) is 30.1 Å². The number of anilines is 1. The quantitative estimate of drug-likeness (QED) is 0.777. The van der Waals surface area contributed by atoms with Crippen molar-refractivity contribution in [2.45, 2.75) is 18.4 Å². The molecule has 2 aliphatic rings. The van der Waals surface area contributed by atoms with Gasteiger partial charge in [-0.25, -0.2) is 8.42 Å². The number of nitrogens with one attached hydrogen (secondary N) is 2. The summed E-state index contributed by atoms with van der Waals surface area (Å²) in [5.41, 5.74) is 2.29. The number of hydrogen-bond donors (Lipinski definition) is 2. The fraction of sp³-hybridized carbons (Fsp3) is 0.350. The van der Waals surface area contributed by atoms with Gasteiger partial charge in [-0.15, -0.1) is 0 Å². The minimum absolute atomic E-state index is 0.0509. The summed E-state index contributed by atoms with van der Waals surface area (Å²) in [6.07, 6.45) is 0. The number of carbonyl (C=O) groups is 1. The zero-order valence-electron chi connectivity index (χ0n) is 15.8. The van der Waals surface area contributed by atoms with E-state index in [1.165, 1.54) is 16.5 Å². The number of hydrogen-bond acceptors (Lipinski definition) is 4. The van der Waals surface area contributed by atoms with Crippen LogP contribution in [-0.2, 0) is 21.4 Å². The highest BCUT2D eigenvalue weighted by molar-refractivity contribution is 7.89. The second-order valence-electron chi connectivity index (χ2n) is 7.27. The van der Waals surface area contributed by atoms with Crippen molar-refractivity contribution < 1.29 is 22.8 Å². The van der Waals surface area contributed by atoms with Gasteiger partial charge in [-0.3, -0.25) is 4.79 Å². The first-order chi connectivity index (χ1) is 13.4. The van der Waals surface area contributed by atoms with E-state index in [1.807, 2.05) is 18.2 Å². The molecule has 4 rings (SSSR count). The first-order valence-electron chi connectivity index (χ1n) is 9.38. The van der Waals surface area contributed by atoms with Gasteiger partial charge >= 0.3 is 0 Å². The number of carbonyl (C=O) groups excluding carboxylic acids is 1. The lowest BCUT2D eigenvalue weighted by Crippen LogP contribution is -3.13. The Balaban J connectivity index is 1.49. The number of quaternary nitrogens is 1. The molecule has 1 fully saturated rings. The van der Waals surface area contributed by atoms with Gasteiger partial charge in [-0.05, 0) is 24.6 Å². The van der Waals surface area contributed by atoms with Crippen LogP contribution >= 0.6 is 0 Å². The maximum Gasteiger partial charge on any atom is 0.262 e. The van der Waals surface area contributed by atoms with E-state index in [1.54, 1.807) is 17.3 Å². The van der Waals surface area contributed by atoms with Gasteiger partial charge in [0.05, 0.1) is 36.8 Å². The Morgan fingerprint density at radius 3 is 2.57 bits per heavy atom.